The lowest BCUT2D eigenvalue weighted by Gasteiger charge is -2.37. The number of hydrogen-bond donors (Lipinski definition) is 3. The summed E-state index contributed by atoms with van der Waals surface area (Å²) in [6.07, 6.45) is -5.33. The number of carbonyl (C=O) groups excluding carboxylic acids is 3. The smallest absolute Gasteiger partial charge is 0.437 e. The molecule has 0 bridgehead atoms. The Labute approximate surface area is 342 Å². The molecule has 4 heterocycles. The van der Waals surface area contributed by atoms with Crippen molar-refractivity contribution in [2.24, 2.45) is 5.92 Å². The lowest BCUT2D eigenvalue weighted by atomic mass is 9.87. The first-order chi connectivity index (χ1) is 28.3. The number of nitrogens with zero attached hydrogens (tertiary/aromatic N) is 3. The molecule has 15 nitrogen and oxygen atoms in total. The van der Waals surface area contributed by atoms with Crippen LogP contribution in [0.15, 0.2) is 30.4 Å². The van der Waals surface area contributed by atoms with Crippen LogP contribution in [0.3, 0.4) is 0 Å². The van der Waals surface area contributed by atoms with Gasteiger partial charge in [0, 0.05) is 30.4 Å². The number of allylic oxidation sites excluding steroid dienone is 1. The Kier molecular flexibility index (Phi) is 11.5. The molecule has 3 fully saturated rings. The van der Waals surface area contributed by atoms with Gasteiger partial charge in [0.1, 0.15) is 33.7 Å². The van der Waals surface area contributed by atoms with Crippen LogP contribution in [-0.4, -0.2) is 120 Å². The third-order valence-electron chi connectivity index (χ3n) is 12.4. The van der Waals surface area contributed by atoms with E-state index < -0.39 is 111 Å². The first-order valence-electron chi connectivity index (χ1n) is 19.7. The van der Waals surface area contributed by atoms with Crippen LogP contribution in [0, 0.1) is 5.92 Å². The highest BCUT2D eigenvalue weighted by Gasteiger charge is 2.65. The summed E-state index contributed by atoms with van der Waals surface area (Å²) in [5, 5.41) is 13.1. The Morgan fingerprint density at radius 3 is 2.53 bits per heavy atom. The maximum atomic E-state index is 14.7. The lowest BCUT2D eigenvalue weighted by Crippen LogP contribution is -2.59. The van der Waals surface area contributed by atoms with Crippen LogP contribution in [0.25, 0.3) is 10.9 Å². The molecule has 0 unspecified atom stereocenters. The quantitative estimate of drug-likeness (QED) is 0.236. The molecule has 0 radical (unpaired) electrons. The number of aryl methyl sites for hydroxylation is 1. The molecule has 21 heteroatoms. The summed E-state index contributed by atoms with van der Waals surface area (Å²) >= 11 is 0. The Bertz CT molecular complexity index is 2200. The van der Waals surface area contributed by atoms with Gasteiger partial charge < -0.3 is 29.5 Å². The maximum absolute atomic E-state index is 14.7. The molecule has 1 spiro atoms. The number of pyridine rings is 1. The fourth-order valence-electron chi connectivity index (χ4n) is 8.88. The van der Waals surface area contributed by atoms with Gasteiger partial charge in [0.25, 0.3) is 12.3 Å². The Morgan fingerprint density at radius 1 is 1.13 bits per heavy atom. The van der Waals surface area contributed by atoms with Crippen molar-refractivity contribution in [2.45, 2.75) is 111 Å². The number of carbonyl (C=O) groups is 4. The molecule has 5 atom stereocenters. The van der Waals surface area contributed by atoms with Crippen LogP contribution in [0.1, 0.15) is 75.5 Å². The molecule has 2 aromatic rings. The molecule has 1 saturated heterocycles. The average Bonchev–Trinajstić information content (AvgIpc) is 4.09. The number of amides is 4. The number of aromatic nitrogens is 1. The van der Waals surface area contributed by atoms with Gasteiger partial charge in [0.15, 0.2) is 11.4 Å². The molecule has 4 amide bonds. The van der Waals surface area contributed by atoms with E-state index in [4.69, 9.17) is 14.2 Å². The first kappa shape index (κ1) is 43.3. The number of methoxy groups -OCH3 is 2. The second kappa shape index (κ2) is 15.9. The zero-order valence-corrected chi connectivity index (χ0v) is 33.7. The lowest BCUT2D eigenvalue weighted by molar-refractivity contribution is -0.145. The summed E-state index contributed by atoms with van der Waals surface area (Å²) in [6, 6.07) is 0.978. The summed E-state index contributed by atoms with van der Waals surface area (Å²) in [5.74, 6) is -4.09. The van der Waals surface area contributed by atoms with Crippen molar-refractivity contribution in [3.8, 4) is 11.5 Å². The van der Waals surface area contributed by atoms with E-state index in [1.807, 2.05) is 0 Å². The number of fused-ring (bicyclic) bond motifs is 5. The summed E-state index contributed by atoms with van der Waals surface area (Å²) < 4.78 is 116. The van der Waals surface area contributed by atoms with E-state index in [0.717, 1.165) is 4.90 Å². The highest BCUT2D eigenvalue weighted by molar-refractivity contribution is 7.91. The SMILES string of the molecule is COCC1(S(=O)(=O)NC(=O)[C@@]23C[C@H]2/C=C\CCCCC[C@H](N(CC(F)F)C(=O)O)C(=O)N2C[C@@]4(CCc5c(c(C(F)(F)F)nc6ccc(OC)cc56)O4)C[C@H]2C(=O)N3)CC1. The van der Waals surface area contributed by atoms with Gasteiger partial charge in [-0.05, 0) is 69.6 Å². The van der Waals surface area contributed by atoms with E-state index in [1.165, 1.54) is 32.4 Å². The molecule has 2 aliphatic carbocycles. The largest absolute Gasteiger partial charge is 0.497 e. The van der Waals surface area contributed by atoms with Gasteiger partial charge >= 0.3 is 12.3 Å². The van der Waals surface area contributed by atoms with Crippen LogP contribution in [0.2, 0.25) is 0 Å². The monoisotopic (exact) mass is 871 g/mol. The third kappa shape index (κ3) is 8.05. The van der Waals surface area contributed by atoms with Crippen molar-refractivity contribution in [1.82, 2.24) is 24.8 Å². The fraction of sp³-hybridized carbons (Fsp3) is 0.615. The molecule has 328 valence electrons. The van der Waals surface area contributed by atoms with E-state index in [0.29, 0.717) is 35.3 Å². The summed E-state index contributed by atoms with van der Waals surface area (Å²) in [7, 11) is -1.61. The number of ether oxygens (including phenoxy) is 3. The Hall–Kier alpha value is -4.79. The topological polar surface area (TPSA) is 194 Å². The molecule has 3 N–H and O–H groups in total. The van der Waals surface area contributed by atoms with Gasteiger partial charge in [0.2, 0.25) is 21.8 Å². The second-order valence-electron chi connectivity index (χ2n) is 16.3. The van der Waals surface area contributed by atoms with E-state index in [-0.39, 0.29) is 62.6 Å². The van der Waals surface area contributed by atoms with Gasteiger partial charge in [0.05, 0.1) is 32.3 Å². The number of benzene rings is 1. The van der Waals surface area contributed by atoms with Crippen LogP contribution in [-0.2, 0) is 41.7 Å². The van der Waals surface area contributed by atoms with Crippen molar-refractivity contribution in [2.75, 3.05) is 33.9 Å². The minimum atomic E-state index is -5.02. The molecule has 60 heavy (non-hydrogen) atoms. The molecule has 1 aromatic heterocycles. The minimum Gasteiger partial charge on any atom is -0.497 e. The number of rotatable bonds is 9. The summed E-state index contributed by atoms with van der Waals surface area (Å²) in [5.41, 5.74) is -4.74. The average molecular weight is 872 g/mol. The van der Waals surface area contributed by atoms with Crippen molar-refractivity contribution in [3.63, 3.8) is 0 Å². The predicted octanol–water partition coefficient (Wildman–Crippen LogP) is 4.56. The van der Waals surface area contributed by atoms with Gasteiger partial charge in [-0.3, -0.25) is 24.0 Å². The van der Waals surface area contributed by atoms with Gasteiger partial charge in [-0.25, -0.2) is 27.0 Å². The first-order valence-corrected chi connectivity index (χ1v) is 21.2. The highest BCUT2D eigenvalue weighted by atomic mass is 32.2. The molecule has 3 aliphatic heterocycles. The number of alkyl halides is 5. The minimum absolute atomic E-state index is 0.0131. The van der Waals surface area contributed by atoms with Crippen molar-refractivity contribution >= 4 is 44.7 Å². The number of halogens is 5. The van der Waals surface area contributed by atoms with Gasteiger partial charge in [-0.2, -0.15) is 13.2 Å². The molecule has 2 saturated carbocycles. The Morgan fingerprint density at radius 2 is 1.88 bits per heavy atom. The molecular weight excluding hydrogens is 826 g/mol. The zero-order chi connectivity index (χ0) is 43.4. The van der Waals surface area contributed by atoms with Crippen LogP contribution in [0.4, 0.5) is 26.7 Å². The van der Waals surface area contributed by atoms with E-state index in [2.05, 4.69) is 15.0 Å². The van der Waals surface area contributed by atoms with E-state index in [1.54, 1.807) is 12.2 Å². The van der Waals surface area contributed by atoms with E-state index in [9.17, 15) is 54.7 Å². The van der Waals surface area contributed by atoms with Crippen LogP contribution >= 0.6 is 0 Å². The maximum Gasteiger partial charge on any atom is 0.437 e. The fourth-order valence-corrected chi connectivity index (χ4v) is 10.4. The zero-order valence-electron chi connectivity index (χ0n) is 32.9. The molecular formula is C39H46F5N5O10S. The van der Waals surface area contributed by atoms with Crippen LogP contribution in [0.5, 0.6) is 11.5 Å². The van der Waals surface area contributed by atoms with Gasteiger partial charge in [-0.1, -0.05) is 25.0 Å². The van der Waals surface area contributed by atoms with Gasteiger partial charge in [-0.15, -0.1) is 0 Å². The highest BCUT2D eigenvalue weighted by Crippen LogP contribution is 2.51. The second-order valence-corrected chi connectivity index (χ2v) is 18.4. The van der Waals surface area contributed by atoms with E-state index >= 15 is 0 Å². The van der Waals surface area contributed by atoms with Crippen molar-refractivity contribution in [3.05, 3.63) is 41.6 Å². The molecule has 7 rings (SSSR count). The number of nitrogens with one attached hydrogen (secondary N) is 2. The van der Waals surface area contributed by atoms with Crippen molar-refractivity contribution < 1.29 is 68.9 Å². The molecule has 1 aromatic carbocycles. The van der Waals surface area contributed by atoms with Crippen LogP contribution < -0.4 is 19.5 Å². The Balaban J connectivity index is 1.29. The summed E-state index contributed by atoms with van der Waals surface area (Å²) in [6.45, 7) is -2.08. The van der Waals surface area contributed by atoms with Crippen molar-refractivity contribution in [1.29, 1.82) is 0 Å². The standard InChI is InChI=1S/C39H46F5N5O10S/c1-57-21-37(14-15-37)60(55,56)47-34(52)38-17-22(38)8-6-4-3-5-7-9-27(48(35(53)54)19-29(40)41)33(51)49-20-36(18-28(49)32(50)46-38)13-12-24-25-16-23(58-2)10-11-26(25)45-31(30(24)59-36)39(42,43)44/h6,8,10-11,16,22,27-29H,3-5,7,9,12-15,17-21H2,1-2H3,(H,46,50)(H,47,52)(H,53,54)/b8-6-/t22-,27+,28+,36-,38-/m1/s1. The number of sulfonamides is 1. The number of hydrogen-bond acceptors (Lipinski definition) is 10. The normalized spacial score (nSPS) is 28.3. The molecule has 5 aliphatic rings. The predicted molar refractivity (Wildman–Crippen MR) is 202 cm³/mol. The third-order valence-corrected chi connectivity index (χ3v) is 14.5. The number of carboxylic acid groups (broad SMARTS) is 1. The summed E-state index contributed by atoms with van der Waals surface area (Å²) in [4.78, 5) is 61.0.